The number of rotatable bonds is 1. The second kappa shape index (κ2) is 3.12. The molecule has 0 spiro atoms. The first kappa shape index (κ1) is 8.16. The molecule has 0 bridgehead atoms. The van der Waals surface area contributed by atoms with Crippen molar-refractivity contribution < 1.29 is 5.11 Å². The number of hydrogen-bond donors (Lipinski definition) is 1. The van der Waals surface area contributed by atoms with E-state index in [0.717, 1.165) is 19.6 Å². The maximum absolute atomic E-state index is 8.90. The summed E-state index contributed by atoms with van der Waals surface area (Å²) in [6, 6.07) is 3.92. The van der Waals surface area contributed by atoms with Crippen molar-refractivity contribution in [2.75, 3.05) is 0 Å². The van der Waals surface area contributed by atoms with Gasteiger partial charge in [-0.1, -0.05) is 0 Å². The lowest BCUT2D eigenvalue weighted by Gasteiger charge is -1.88. The summed E-state index contributed by atoms with van der Waals surface area (Å²) in [5.74, 6) is 0. The van der Waals surface area contributed by atoms with E-state index in [-0.39, 0.29) is 6.61 Å². The van der Waals surface area contributed by atoms with Crippen LogP contribution >= 0.6 is 27.3 Å². The highest BCUT2D eigenvalue weighted by Gasteiger charge is 2.03. The molecule has 0 aliphatic heterocycles. The van der Waals surface area contributed by atoms with Crippen LogP contribution in [0.3, 0.4) is 0 Å². The molecule has 0 aliphatic carbocycles. The summed E-state index contributed by atoms with van der Waals surface area (Å²) in [6.07, 6.45) is 1.75. The van der Waals surface area contributed by atoms with Gasteiger partial charge in [-0.05, 0) is 33.4 Å². The third-order valence-electron chi connectivity index (χ3n) is 1.60. The topological polar surface area (TPSA) is 33.1 Å². The molecule has 62 valence electrons. The van der Waals surface area contributed by atoms with Crippen LogP contribution in [0, 0.1) is 0 Å². The van der Waals surface area contributed by atoms with E-state index in [4.69, 9.17) is 5.11 Å². The zero-order valence-corrected chi connectivity index (χ0v) is 8.52. The Morgan fingerprint density at radius 2 is 2.42 bits per heavy atom. The molecule has 0 unspecified atom stereocenters. The first-order valence-electron chi connectivity index (χ1n) is 3.45. The van der Waals surface area contributed by atoms with Gasteiger partial charge >= 0.3 is 0 Å². The summed E-state index contributed by atoms with van der Waals surface area (Å²) in [7, 11) is 0. The smallest absolute Gasteiger partial charge is 0.123 e. The van der Waals surface area contributed by atoms with Gasteiger partial charge in [-0.3, -0.25) is 0 Å². The van der Waals surface area contributed by atoms with Crippen molar-refractivity contribution in [2.24, 2.45) is 0 Å². The van der Waals surface area contributed by atoms with Gasteiger partial charge in [0.15, 0.2) is 0 Å². The van der Waals surface area contributed by atoms with E-state index in [9.17, 15) is 0 Å². The molecule has 4 heteroatoms. The Hall–Kier alpha value is -0.450. The Labute approximate surface area is 82.0 Å². The SMILES string of the molecule is OCc1cc2ccnc(Br)c2s1. The van der Waals surface area contributed by atoms with Crippen molar-refractivity contribution in [1.29, 1.82) is 0 Å². The zero-order valence-electron chi connectivity index (χ0n) is 6.12. The highest BCUT2D eigenvalue weighted by molar-refractivity contribution is 9.10. The van der Waals surface area contributed by atoms with Gasteiger partial charge in [0.05, 0.1) is 11.3 Å². The van der Waals surface area contributed by atoms with Crippen molar-refractivity contribution in [2.45, 2.75) is 6.61 Å². The average Bonchev–Trinajstić information content (AvgIpc) is 2.49. The Morgan fingerprint density at radius 3 is 3.08 bits per heavy atom. The molecular formula is C8H6BrNOS. The Balaban J connectivity index is 2.74. The minimum absolute atomic E-state index is 0.103. The Morgan fingerprint density at radius 1 is 1.58 bits per heavy atom. The van der Waals surface area contributed by atoms with Crippen molar-refractivity contribution >= 4 is 37.4 Å². The van der Waals surface area contributed by atoms with E-state index in [2.05, 4.69) is 20.9 Å². The number of thiophene rings is 1. The van der Waals surface area contributed by atoms with Gasteiger partial charge in [0.25, 0.3) is 0 Å². The molecule has 0 saturated carbocycles. The molecule has 0 fully saturated rings. The van der Waals surface area contributed by atoms with Gasteiger partial charge in [-0.25, -0.2) is 4.98 Å². The van der Waals surface area contributed by atoms with Gasteiger partial charge in [-0.2, -0.15) is 0 Å². The molecule has 2 aromatic rings. The molecule has 2 nitrogen and oxygen atoms in total. The molecule has 0 amide bonds. The first-order chi connectivity index (χ1) is 5.81. The van der Waals surface area contributed by atoms with E-state index >= 15 is 0 Å². The van der Waals surface area contributed by atoms with Crippen LogP contribution in [-0.2, 0) is 6.61 Å². The quantitative estimate of drug-likeness (QED) is 0.782. The van der Waals surface area contributed by atoms with E-state index in [1.165, 1.54) is 0 Å². The summed E-state index contributed by atoms with van der Waals surface area (Å²) < 4.78 is 1.95. The normalized spacial score (nSPS) is 10.8. The fourth-order valence-electron chi connectivity index (χ4n) is 1.06. The number of fused-ring (bicyclic) bond motifs is 1. The van der Waals surface area contributed by atoms with Crippen molar-refractivity contribution in [3.63, 3.8) is 0 Å². The second-order valence-corrected chi connectivity index (χ2v) is 4.28. The number of halogens is 1. The summed E-state index contributed by atoms with van der Waals surface area (Å²) in [5.41, 5.74) is 0. The van der Waals surface area contributed by atoms with Crippen LogP contribution in [0.5, 0.6) is 0 Å². The van der Waals surface area contributed by atoms with Crippen LogP contribution in [0.2, 0.25) is 0 Å². The summed E-state index contributed by atoms with van der Waals surface area (Å²) in [5, 5.41) is 10.0. The zero-order chi connectivity index (χ0) is 8.55. The Bertz CT molecular complexity index is 412. The van der Waals surface area contributed by atoms with Crippen molar-refractivity contribution in [1.82, 2.24) is 4.98 Å². The average molecular weight is 244 g/mol. The minimum atomic E-state index is 0.103. The first-order valence-corrected chi connectivity index (χ1v) is 5.06. The van der Waals surface area contributed by atoms with Gasteiger partial charge in [0.1, 0.15) is 4.60 Å². The predicted octanol–water partition coefficient (Wildman–Crippen LogP) is 2.55. The summed E-state index contributed by atoms with van der Waals surface area (Å²) in [6.45, 7) is 0.103. The molecule has 0 aromatic carbocycles. The molecule has 0 aliphatic rings. The number of aromatic nitrogens is 1. The number of pyridine rings is 1. The van der Waals surface area contributed by atoms with Gasteiger partial charge in [-0.15, -0.1) is 11.3 Å². The maximum atomic E-state index is 8.90. The molecule has 12 heavy (non-hydrogen) atoms. The second-order valence-electron chi connectivity index (χ2n) is 2.39. The lowest BCUT2D eigenvalue weighted by Crippen LogP contribution is -1.71. The molecule has 2 aromatic heterocycles. The van der Waals surface area contributed by atoms with Crippen LogP contribution in [0.4, 0.5) is 0 Å². The Kier molecular flexibility index (Phi) is 2.12. The highest BCUT2D eigenvalue weighted by Crippen LogP contribution is 2.30. The van der Waals surface area contributed by atoms with Gasteiger partial charge < -0.3 is 5.11 Å². The fourth-order valence-corrected chi connectivity index (χ4v) is 2.55. The largest absolute Gasteiger partial charge is 0.391 e. The van der Waals surface area contributed by atoms with E-state index in [1.807, 2.05) is 12.1 Å². The molecule has 0 saturated heterocycles. The molecule has 0 radical (unpaired) electrons. The predicted molar refractivity (Wildman–Crippen MR) is 53.2 cm³/mol. The van der Waals surface area contributed by atoms with E-state index < -0.39 is 0 Å². The van der Waals surface area contributed by atoms with Gasteiger partial charge in [0.2, 0.25) is 0 Å². The van der Waals surface area contributed by atoms with Crippen LogP contribution in [0.25, 0.3) is 10.1 Å². The fraction of sp³-hybridized carbons (Fsp3) is 0.125. The maximum Gasteiger partial charge on any atom is 0.123 e. The molecule has 0 atom stereocenters. The van der Waals surface area contributed by atoms with Crippen LogP contribution in [0.15, 0.2) is 22.9 Å². The van der Waals surface area contributed by atoms with Crippen LogP contribution in [0.1, 0.15) is 4.88 Å². The highest BCUT2D eigenvalue weighted by atomic mass is 79.9. The third-order valence-corrected chi connectivity index (χ3v) is 3.60. The number of hydrogen-bond acceptors (Lipinski definition) is 3. The van der Waals surface area contributed by atoms with Crippen molar-refractivity contribution in [3.05, 3.63) is 27.8 Å². The van der Waals surface area contributed by atoms with Gasteiger partial charge in [0, 0.05) is 11.1 Å². The molecule has 1 N–H and O–H groups in total. The van der Waals surface area contributed by atoms with Crippen molar-refractivity contribution in [3.8, 4) is 0 Å². The number of aliphatic hydroxyl groups excluding tert-OH is 1. The molecule has 2 rings (SSSR count). The van der Waals surface area contributed by atoms with Crippen LogP contribution in [-0.4, -0.2) is 10.1 Å². The summed E-state index contributed by atoms with van der Waals surface area (Å²) >= 11 is 4.92. The van der Waals surface area contributed by atoms with E-state index in [0.29, 0.717) is 0 Å². The number of nitrogens with zero attached hydrogens (tertiary/aromatic N) is 1. The lowest BCUT2D eigenvalue weighted by atomic mass is 10.3. The third kappa shape index (κ3) is 1.26. The van der Waals surface area contributed by atoms with Crippen LogP contribution < -0.4 is 0 Å². The summed E-state index contributed by atoms with van der Waals surface area (Å²) in [4.78, 5) is 5.07. The minimum Gasteiger partial charge on any atom is -0.391 e. The standard InChI is InChI=1S/C8H6BrNOS/c9-8-7-5(1-2-10-8)3-6(4-11)12-7/h1-3,11H,4H2. The monoisotopic (exact) mass is 243 g/mol. The van der Waals surface area contributed by atoms with E-state index in [1.54, 1.807) is 17.5 Å². The molecule has 2 heterocycles. The number of aliphatic hydroxyl groups is 1. The molecular weight excluding hydrogens is 238 g/mol. The lowest BCUT2D eigenvalue weighted by molar-refractivity contribution is 0.285.